The molecule has 0 saturated carbocycles. The minimum absolute atomic E-state index is 0.532. The van der Waals surface area contributed by atoms with Crippen LogP contribution in [0.15, 0.2) is 65.3 Å². The Balaban J connectivity index is 1.67. The van der Waals surface area contributed by atoms with Crippen LogP contribution in [0.5, 0.6) is 11.5 Å². The summed E-state index contributed by atoms with van der Waals surface area (Å²) in [5.41, 5.74) is 3.93. The lowest BCUT2D eigenvalue weighted by molar-refractivity contribution is -0.557. The van der Waals surface area contributed by atoms with Gasteiger partial charge in [-0.15, -0.1) is 0 Å². The van der Waals surface area contributed by atoms with Crippen molar-refractivity contribution in [1.82, 2.24) is 15.0 Å². The van der Waals surface area contributed by atoms with Crippen molar-refractivity contribution < 1.29 is 18.5 Å². The van der Waals surface area contributed by atoms with Gasteiger partial charge in [-0.05, 0) is 36.4 Å². The lowest BCUT2D eigenvalue weighted by Gasteiger charge is -2.18. The van der Waals surface area contributed by atoms with Crippen molar-refractivity contribution >= 4 is 22.3 Å². The summed E-state index contributed by atoms with van der Waals surface area (Å²) in [6.45, 7) is 1.09. The van der Waals surface area contributed by atoms with Gasteiger partial charge >= 0.3 is 5.65 Å². The molecule has 0 saturated heterocycles. The van der Waals surface area contributed by atoms with Gasteiger partial charge in [0.1, 0.15) is 24.4 Å². The Kier molecular flexibility index (Phi) is 3.16. The summed E-state index contributed by atoms with van der Waals surface area (Å²) < 4.78 is 19.1. The average Bonchev–Trinajstić information content (AvgIpc) is 3.39. The molecule has 0 radical (unpaired) electrons. The molecule has 4 heterocycles. The minimum Gasteiger partial charge on any atom is -0.486 e. The van der Waals surface area contributed by atoms with E-state index in [4.69, 9.17) is 23.9 Å². The number of aromatic nitrogens is 4. The summed E-state index contributed by atoms with van der Waals surface area (Å²) in [6.07, 6.45) is 1.65. The zero-order valence-corrected chi connectivity index (χ0v) is 14.8. The number of H-pyrrole nitrogens is 1. The van der Waals surface area contributed by atoms with Gasteiger partial charge in [0.05, 0.1) is 6.26 Å². The van der Waals surface area contributed by atoms with Crippen molar-refractivity contribution in [2.45, 2.75) is 0 Å². The van der Waals surface area contributed by atoms with Crippen molar-refractivity contribution in [3.05, 3.63) is 60.9 Å². The lowest BCUT2D eigenvalue weighted by atomic mass is 10.2. The summed E-state index contributed by atoms with van der Waals surface area (Å²) in [7, 11) is 0. The number of para-hydroxylation sites is 2. The number of furan rings is 1. The monoisotopic (exact) mass is 371 g/mol. The quantitative estimate of drug-likeness (QED) is 0.481. The molecule has 0 bridgehead atoms. The first-order valence-corrected chi connectivity index (χ1v) is 9.01. The molecule has 7 heteroatoms. The highest BCUT2D eigenvalue weighted by atomic mass is 16.6. The average molecular weight is 371 g/mol. The van der Waals surface area contributed by atoms with Gasteiger partial charge in [0.15, 0.2) is 22.8 Å². The largest absolute Gasteiger partial charge is 0.486 e. The van der Waals surface area contributed by atoms with E-state index in [-0.39, 0.29) is 0 Å². The third-order valence-electron chi connectivity index (χ3n) is 4.76. The molecule has 7 nitrogen and oxygen atoms in total. The van der Waals surface area contributed by atoms with Crippen molar-refractivity contribution in [2.75, 3.05) is 13.2 Å². The Hall–Kier alpha value is -3.87. The summed E-state index contributed by atoms with van der Waals surface area (Å²) >= 11 is 0. The first-order chi connectivity index (χ1) is 13.9. The molecule has 28 heavy (non-hydrogen) atoms. The topological polar surface area (TPSA) is 77.1 Å². The highest BCUT2D eigenvalue weighted by Gasteiger charge is 2.27. The summed E-state index contributed by atoms with van der Waals surface area (Å²) in [4.78, 5) is 13.0. The van der Waals surface area contributed by atoms with Gasteiger partial charge in [-0.25, -0.2) is 9.97 Å². The van der Waals surface area contributed by atoms with Crippen LogP contribution in [0.1, 0.15) is 0 Å². The fourth-order valence-electron chi connectivity index (χ4n) is 3.51. The highest BCUT2D eigenvalue weighted by Crippen LogP contribution is 2.32. The van der Waals surface area contributed by atoms with Crippen LogP contribution in [0, 0.1) is 0 Å². The summed E-state index contributed by atoms with van der Waals surface area (Å²) in [5.74, 6) is 2.90. The van der Waals surface area contributed by atoms with Crippen LogP contribution < -0.4 is 14.0 Å². The summed E-state index contributed by atoms with van der Waals surface area (Å²) in [6, 6.07) is 17.4. The molecule has 0 amide bonds. The predicted molar refractivity (Wildman–Crippen MR) is 102 cm³/mol. The van der Waals surface area contributed by atoms with E-state index in [1.54, 1.807) is 6.26 Å². The molecule has 0 atom stereocenters. The van der Waals surface area contributed by atoms with Gasteiger partial charge in [0.25, 0.3) is 11.5 Å². The third kappa shape index (κ3) is 2.26. The van der Waals surface area contributed by atoms with Gasteiger partial charge in [-0.2, -0.15) is 4.57 Å². The number of fused-ring (bicyclic) bond motifs is 3. The van der Waals surface area contributed by atoms with Gasteiger partial charge in [-0.3, -0.25) is 0 Å². The molecule has 0 spiro atoms. The van der Waals surface area contributed by atoms with Crippen LogP contribution in [-0.4, -0.2) is 28.2 Å². The smallest absolute Gasteiger partial charge is 0.328 e. The first-order valence-electron chi connectivity index (χ1n) is 9.01. The van der Waals surface area contributed by atoms with Crippen molar-refractivity contribution in [3.8, 4) is 28.8 Å². The van der Waals surface area contributed by atoms with Crippen molar-refractivity contribution in [2.24, 2.45) is 0 Å². The SMILES string of the molecule is c1coc(-c2[nH]c3nc4ccccc4nc3[n+]2-c2ccc3c(c2)OCCO3)c1. The standard InChI is InChI=1S/C21H14N4O3/c1-2-5-15-14(4-1)22-19-21(23-15)25(20(24-19)17-6-3-9-26-17)13-7-8-16-18(12-13)28-11-10-27-16/h1-9,12H,10-11H2/p+1. The van der Waals surface area contributed by atoms with Crippen LogP contribution in [0.3, 0.4) is 0 Å². The fourth-order valence-corrected chi connectivity index (χ4v) is 3.51. The molecule has 1 N–H and O–H groups in total. The van der Waals surface area contributed by atoms with E-state index in [0.29, 0.717) is 36.0 Å². The molecule has 2 aromatic carbocycles. The Morgan fingerprint density at radius 2 is 1.68 bits per heavy atom. The Labute approximate surface area is 159 Å². The molecule has 5 aromatic rings. The van der Waals surface area contributed by atoms with Crippen LogP contribution in [0.4, 0.5) is 0 Å². The molecule has 1 aliphatic heterocycles. The van der Waals surface area contributed by atoms with Crippen LogP contribution in [0.2, 0.25) is 0 Å². The fraction of sp³-hybridized carbons (Fsp3) is 0.0952. The maximum absolute atomic E-state index is 5.77. The van der Waals surface area contributed by atoms with Gasteiger partial charge in [0, 0.05) is 6.07 Å². The van der Waals surface area contributed by atoms with E-state index in [2.05, 4.69) is 4.98 Å². The number of nitrogens with one attached hydrogen (secondary N) is 1. The Morgan fingerprint density at radius 3 is 2.50 bits per heavy atom. The van der Waals surface area contributed by atoms with E-state index in [0.717, 1.165) is 28.3 Å². The molecular weight excluding hydrogens is 356 g/mol. The number of hydrogen-bond donors (Lipinski definition) is 1. The Morgan fingerprint density at radius 1 is 0.857 bits per heavy atom. The third-order valence-corrected chi connectivity index (χ3v) is 4.76. The zero-order chi connectivity index (χ0) is 18.5. The molecule has 1 aliphatic rings. The maximum atomic E-state index is 5.77. The summed E-state index contributed by atoms with van der Waals surface area (Å²) in [5, 5.41) is 0. The molecule has 0 fully saturated rings. The first kappa shape index (κ1) is 15.2. The predicted octanol–water partition coefficient (Wildman–Crippen LogP) is 3.42. The van der Waals surface area contributed by atoms with E-state index in [1.807, 2.05) is 59.2 Å². The number of rotatable bonds is 2. The molecular formula is C21H15N4O3+. The zero-order valence-electron chi connectivity index (χ0n) is 14.8. The lowest BCUT2D eigenvalue weighted by Crippen LogP contribution is -2.33. The second-order valence-corrected chi connectivity index (χ2v) is 6.50. The van der Waals surface area contributed by atoms with Crippen LogP contribution in [-0.2, 0) is 0 Å². The molecule has 136 valence electrons. The van der Waals surface area contributed by atoms with Gasteiger partial charge in [-0.1, -0.05) is 17.1 Å². The van der Waals surface area contributed by atoms with E-state index >= 15 is 0 Å². The van der Waals surface area contributed by atoms with E-state index in [1.165, 1.54) is 0 Å². The number of ether oxygens (including phenoxy) is 2. The molecule has 6 rings (SSSR count). The number of aromatic amines is 1. The van der Waals surface area contributed by atoms with E-state index in [9.17, 15) is 0 Å². The minimum atomic E-state index is 0.532. The second kappa shape index (κ2) is 5.82. The normalized spacial score (nSPS) is 13.3. The van der Waals surface area contributed by atoms with Crippen LogP contribution >= 0.6 is 0 Å². The second-order valence-electron chi connectivity index (χ2n) is 6.50. The van der Waals surface area contributed by atoms with Crippen molar-refractivity contribution in [1.29, 1.82) is 0 Å². The number of benzene rings is 2. The van der Waals surface area contributed by atoms with Gasteiger partial charge < -0.3 is 13.9 Å². The molecule has 0 aliphatic carbocycles. The number of imidazole rings is 1. The maximum Gasteiger partial charge on any atom is 0.328 e. The molecule has 0 unspecified atom stereocenters. The molecule has 3 aromatic heterocycles. The number of hydrogen-bond acceptors (Lipinski definition) is 5. The van der Waals surface area contributed by atoms with E-state index < -0.39 is 0 Å². The van der Waals surface area contributed by atoms with Gasteiger partial charge in [0.2, 0.25) is 0 Å². The highest BCUT2D eigenvalue weighted by molar-refractivity contribution is 5.82. The number of nitrogens with zero attached hydrogens (tertiary/aromatic N) is 3. The Bertz CT molecular complexity index is 1320. The van der Waals surface area contributed by atoms with Crippen LogP contribution in [0.25, 0.3) is 39.6 Å². The van der Waals surface area contributed by atoms with Crippen molar-refractivity contribution in [3.63, 3.8) is 0 Å².